The molecule has 1 aliphatic heterocycles. The second-order valence-corrected chi connectivity index (χ2v) is 6.01. The minimum atomic E-state index is -0.190. The Morgan fingerprint density at radius 1 is 1.29 bits per heavy atom. The third kappa shape index (κ3) is 2.99. The average molecular weight is 292 g/mol. The van der Waals surface area contributed by atoms with Gasteiger partial charge in [0.1, 0.15) is 5.76 Å². The number of furan rings is 1. The molecule has 0 aromatic carbocycles. The fraction of sp³-hybridized carbons (Fsp3) is 0.688. The Morgan fingerprint density at radius 3 is 2.62 bits per heavy atom. The summed E-state index contributed by atoms with van der Waals surface area (Å²) >= 11 is 0. The first-order chi connectivity index (χ1) is 10.2. The van der Waals surface area contributed by atoms with Crippen LogP contribution in [0.1, 0.15) is 42.5 Å². The Morgan fingerprint density at radius 2 is 2.05 bits per heavy atom. The summed E-state index contributed by atoms with van der Waals surface area (Å²) < 4.78 is 5.55. The smallest absolute Gasteiger partial charge is 0.289 e. The number of rotatable bonds is 3. The van der Waals surface area contributed by atoms with Gasteiger partial charge < -0.3 is 14.4 Å². The van der Waals surface area contributed by atoms with Crippen LogP contribution in [0.15, 0.2) is 16.5 Å². The molecule has 0 spiro atoms. The molecule has 1 aromatic heterocycles. The fourth-order valence-electron chi connectivity index (χ4n) is 3.44. The first-order valence-electron chi connectivity index (χ1n) is 7.99. The topological polar surface area (TPSA) is 56.9 Å². The van der Waals surface area contributed by atoms with Gasteiger partial charge in [-0.1, -0.05) is 6.92 Å². The maximum atomic E-state index is 12.4. The fourth-order valence-corrected chi connectivity index (χ4v) is 3.44. The first kappa shape index (κ1) is 14.6. The van der Waals surface area contributed by atoms with Crippen molar-refractivity contribution in [2.45, 2.75) is 44.8 Å². The summed E-state index contributed by atoms with van der Waals surface area (Å²) in [6.45, 7) is 5.12. The first-order valence-corrected chi connectivity index (χ1v) is 7.99. The van der Waals surface area contributed by atoms with E-state index in [1.807, 2.05) is 17.9 Å². The summed E-state index contributed by atoms with van der Waals surface area (Å²) in [7, 11) is 0. The zero-order valence-electron chi connectivity index (χ0n) is 12.6. The number of aryl methyl sites for hydroxylation is 1. The van der Waals surface area contributed by atoms with Crippen LogP contribution in [0.5, 0.6) is 0 Å². The lowest BCUT2D eigenvalue weighted by Gasteiger charge is -2.38. The molecule has 2 atom stereocenters. The van der Waals surface area contributed by atoms with E-state index in [4.69, 9.17) is 4.42 Å². The van der Waals surface area contributed by atoms with Crippen molar-refractivity contribution in [2.75, 3.05) is 26.2 Å². The lowest BCUT2D eigenvalue weighted by Crippen LogP contribution is -2.53. The van der Waals surface area contributed by atoms with Crippen LogP contribution >= 0.6 is 0 Å². The molecule has 1 N–H and O–H groups in total. The van der Waals surface area contributed by atoms with E-state index in [2.05, 4.69) is 4.90 Å². The Kier molecular flexibility index (Phi) is 4.31. The maximum Gasteiger partial charge on any atom is 0.289 e. The van der Waals surface area contributed by atoms with Crippen LogP contribution in [0.3, 0.4) is 0 Å². The van der Waals surface area contributed by atoms with Crippen molar-refractivity contribution in [1.29, 1.82) is 0 Å². The highest BCUT2D eigenvalue weighted by Crippen LogP contribution is 2.25. The van der Waals surface area contributed by atoms with Crippen molar-refractivity contribution < 1.29 is 14.3 Å². The molecule has 1 saturated heterocycles. The van der Waals surface area contributed by atoms with E-state index in [1.54, 1.807) is 6.07 Å². The van der Waals surface area contributed by atoms with E-state index in [-0.39, 0.29) is 18.1 Å². The van der Waals surface area contributed by atoms with E-state index in [1.165, 1.54) is 0 Å². The van der Waals surface area contributed by atoms with E-state index in [0.717, 1.165) is 44.5 Å². The van der Waals surface area contributed by atoms with Gasteiger partial charge in [0.2, 0.25) is 0 Å². The predicted octanol–water partition coefficient (Wildman–Crippen LogP) is 1.51. The zero-order chi connectivity index (χ0) is 14.8. The van der Waals surface area contributed by atoms with Crippen molar-refractivity contribution in [2.24, 2.45) is 0 Å². The van der Waals surface area contributed by atoms with Gasteiger partial charge in [-0.25, -0.2) is 0 Å². The van der Waals surface area contributed by atoms with Crippen LogP contribution in [0.4, 0.5) is 0 Å². The summed E-state index contributed by atoms with van der Waals surface area (Å²) in [5.41, 5.74) is 0. The van der Waals surface area contributed by atoms with Crippen molar-refractivity contribution in [3.05, 3.63) is 23.7 Å². The van der Waals surface area contributed by atoms with Crippen molar-refractivity contribution in [1.82, 2.24) is 9.80 Å². The van der Waals surface area contributed by atoms with Crippen LogP contribution in [0.25, 0.3) is 0 Å². The molecule has 116 valence electrons. The SMILES string of the molecule is CCc1ccc(C(=O)N2CCN([C@@H]3CCC[C@@H]3O)CC2)o1. The van der Waals surface area contributed by atoms with Crippen LogP contribution < -0.4 is 0 Å². The van der Waals surface area contributed by atoms with Crippen LogP contribution in [0.2, 0.25) is 0 Å². The standard InChI is InChI=1S/C16H24N2O3/c1-2-12-6-7-15(21-12)16(20)18-10-8-17(9-11-18)13-4-3-5-14(13)19/h6-7,13-14,19H,2-5,8-11H2,1H3/t13-,14+/m1/s1. The highest BCUT2D eigenvalue weighted by molar-refractivity contribution is 5.91. The molecule has 0 radical (unpaired) electrons. The Balaban J connectivity index is 1.56. The Bertz CT molecular complexity index is 491. The third-order valence-corrected chi connectivity index (χ3v) is 4.74. The lowest BCUT2D eigenvalue weighted by atomic mass is 10.1. The molecule has 2 fully saturated rings. The Hall–Kier alpha value is -1.33. The number of carbonyl (C=O) groups excluding carboxylic acids is 1. The molecular formula is C16H24N2O3. The second kappa shape index (κ2) is 6.20. The molecule has 1 aromatic rings. The molecule has 3 rings (SSSR count). The number of piperazine rings is 1. The summed E-state index contributed by atoms with van der Waals surface area (Å²) in [4.78, 5) is 16.6. The molecule has 1 aliphatic carbocycles. The molecule has 5 nitrogen and oxygen atoms in total. The summed E-state index contributed by atoms with van der Waals surface area (Å²) in [5, 5.41) is 9.99. The van der Waals surface area contributed by atoms with Crippen LogP contribution in [-0.4, -0.2) is 59.1 Å². The van der Waals surface area contributed by atoms with Crippen LogP contribution in [-0.2, 0) is 6.42 Å². The summed E-state index contributed by atoms with van der Waals surface area (Å²) in [6, 6.07) is 3.93. The number of carbonyl (C=O) groups is 1. The van der Waals surface area contributed by atoms with E-state index in [9.17, 15) is 9.90 Å². The summed E-state index contributed by atoms with van der Waals surface area (Å²) in [5.74, 6) is 1.29. The van der Waals surface area contributed by atoms with Crippen molar-refractivity contribution >= 4 is 5.91 Å². The molecule has 21 heavy (non-hydrogen) atoms. The largest absolute Gasteiger partial charge is 0.456 e. The predicted molar refractivity (Wildman–Crippen MR) is 79.2 cm³/mol. The molecular weight excluding hydrogens is 268 g/mol. The van der Waals surface area contributed by atoms with E-state index in [0.29, 0.717) is 18.8 Å². The number of aliphatic hydroxyl groups is 1. The van der Waals surface area contributed by atoms with Gasteiger partial charge in [0.05, 0.1) is 6.10 Å². The number of hydrogen-bond acceptors (Lipinski definition) is 4. The van der Waals surface area contributed by atoms with Gasteiger partial charge in [-0.15, -0.1) is 0 Å². The monoisotopic (exact) mass is 292 g/mol. The third-order valence-electron chi connectivity index (χ3n) is 4.74. The van der Waals surface area contributed by atoms with E-state index >= 15 is 0 Å². The van der Waals surface area contributed by atoms with Gasteiger partial charge in [0.15, 0.2) is 5.76 Å². The lowest BCUT2D eigenvalue weighted by molar-refractivity contribution is 0.0301. The number of hydrogen-bond donors (Lipinski definition) is 1. The van der Waals surface area contributed by atoms with Crippen molar-refractivity contribution in [3.8, 4) is 0 Å². The number of nitrogens with zero attached hydrogens (tertiary/aromatic N) is 2. The van der Waals surface area contributed by atoms with Gasteiger partial charge in [-0.3, -0.25) is 9.69 Å². The van der Waals surface area contributed by atoms with Gasteiger partial charge in [-0.05, 0) is 31.4 Å². The van der Waals surface area contributed by atoms with Gasteiger partial charge >= 0.3 is 0 Å². The van der Waals surface area contributed by atoms with Gasteiger partial charge in [0, 0.05) is 38.6 Å². The maximum absolute atomic E-state index is 12.4. The second-order valence-electron chi connectivity index (χ2n) is 6.01. The van der Waals surface area contributed by atoms with Gasteiger partial charge in [0.25, 0.3) is 5.91 Å². The highest BCUT2D eigenvalue weighted by atomic mass is 16.4. The Labute approximate surface area is 125 Å². The normalized spacial score (nSPS) is 27.2. The minimum Gasteiger partial charge on any atom is -0.456 e. The minimum absolute atomic E-state index is 0.0127. The molecule has 5 heteroatoms. The molecule has 1 saturated carbocycles. The van der Waals surface area contributed by atoms with Crippen LogP contribution in [0, 0.1) is 0 Å². The number of amides is 1. The molecule has 0 unspecified atom stereocenters. The summed E-state index contributed by atoms with van der Waals surface area (Å²) in [6.07, 6.45) is 3.71. The van der Waals surface area contributed by atoms with Crippen molar-refractivity contribution in [3.63, 3.8) is 0 Å². The average Bonchev–Trinajstić information content (AvgIpc) is 3.15. The molecule has 2 heterocycles. The molecule has 1 amide bonds. The number of aliphatic hydroxyl groups excluding tert-OH is 1. The highest BCUT2D eigenvalue weighted by Gasteiger charge is 2.33. The quantitative estimate of drug-likeness (QED) is 0.917. The van der Waals surface area contributed by atoms with Gasteiger partial charge in [-0.2, -0.15) is 0 Å². The van der Waals surface area contributed by atoms with E-state index < -0.39 is 0 Å². The molecule has 2 aliphatic rings. The molecule has 0 bridgehead atoms. The zero-order valence-corrected chi connectivity index (χ0v) is 12.6.